The van der Waals surface area contributed by atoms with Crippen LogP contribution in [0.3, 0.4) is 0 Å². The number of anilines is 1. The molecule has 2 amide bonds. The highest BCUT2D eigenvalue weighted by Crippen LogP contribution is 2.38. The smallest absolute Gasteiger partial charge is 0.240 e. The van der Waals surface area contributed by atoms with Crippen molar-refractivity contribution >= 4 is 27.5 Å². The maximum Gasteiger partial charge on any atom is 0.240 e. The third kappa shape index (κ3) is 3.89. The van der Waals surface area contributed by atoms with Gasteiger partial charge in [0, 0.05) is 37.5 Å². The number of benzene rings is 1. The van der Waals surface area contributed by atoms with Gasteiger partial charge in [0.15, 0.2) is 0 Å². The monoisotopic (exact) mass is 339 g/mol. The fraction of sp³-hybridized carbons (Fsp3) is 0.467. The molecule has 126 valence electrons. The highest BCUT2D eigenvalue weighted by molar-refractivity contribution is 7.89. The van der Waals surface area contributed by atoms with E-state index in [-0.39, 0.29) is 29.7 Å². The van der Waals surface area contributed by atoms with E-state index in [0.29, 0.717) is 12.1 Å². The summed E-state index contributed by atoms with van der Waals surface area (Å²) in [5.41, 5.74) is 0.979. The van der Waals surface area contributed by atoms with Crippen LogP contribution >= 0.6 is 0 Å². The zero-order valence-corrected chi connectivity index (χ0v) is 14.2. The molecule has 1 aromatic carbocycles. The normalized spacial score (nSPS) is 16.4. The quantitative estimate of drug-likeness (QED) is 0.735. The van der Waals surface area contributed by atoms with Gasteiger partial charge in [0.1, 0.15) is 0 Å². The summed E-state index contributed by atoms with van der Waals surface area (Å²) >= 11 is 0. The Balaban J connectivity index is 2.24. The lowest BCUT2D eigenvalue weighted by Gasteiger charge is -2.32. The van der Waals surface area contributed by atoms with Crippen LogP contribution in [-0.2, 0) is 25.0 Å². The first-order valence-corrected chi connectivity index (χ1v) is 8.79. The van der Waals surface area contributed by atoms with E-state index >= 15 is 0 Å². The molecule has 0 fully saturated rings. The largest absolute Gasteiger partial charge is 0.359 e. The summed E-state index contributed by atoms with van der Waals surface area (Å²) < 4.78 is 27.1. The number of hydrogen-bond donors (Lipinski definition) is 3. The SMILES string of the molecule is CNC(=O)CCNS(=O)(=O)c1ccc2c(c1)C(C)(C)CC(=O)N2. The molecule has 1 aliphatic rings. The zero-order chi connectivity index (χ0) is 17.3. The summed E-state index contributed by atoms with van der Waals surface area (Å²) in [4.78, 5) is 23.0. The van der Waals surface area contributed by atoms with Crippen molar-refractivity contribution in [1.82, 2.24) is 10.0 Å². The molecule has 8 heteroatoms. The topological polar surface area (TPSA) is 104 Å². The van der Waals surface area contributed by atoms with Crippen LogP contribution in [0.1, 0.15) is 32.3 Å². The fourth-order valence-electron chi connectivity index (χ4n) is 2.56. The van der Waals surface area contributed by atoms with Crippen molar-refractivity contribution in [2.45, 2.75) is 37.0 Å². The van der Waals surface area contributed by atoms with Crippen LogP contribution < -0.4 is 15.4 Å². The molecule has 0 unspecified atom stereocenters. The Morgan fingerprint density at radius 1 is 1.35 bits per heavy atom. The molecule has 2 rings (SSSR count). The number of carbonyl (C=O) groups is 2. The number of hydrogen-bond acceptors (Lipinski definition) is 4. The van der Waals surface area contributed by atoms with Gasteiger partial charge in [-0.2, -0.15) is 0 Å². The second kappa shape index (κ2) is 6.29. The molecule has 0 atom stereocenters. The Kier molecular flexibility index (Phi) is 4.76. The van der Waals surface area contributed by atoms with E-state index in [9.17, 15) is 18.0 Å². The number of amides is 2. The first kappa shape index (κ1) is 17.4. The molecule has 1 aromatic rings. The van der Waals surface area contributed by atoms with Gasteiger partial charge in [-0.15, -0.1) is 0 Å². The summed E-state index contributed by atoms with van der Waals surface area (Å²) in [6, 6.07) is 4.63. The molecule has 0 aromatic heterocycles. The van der Waals surface area contributed by atoms with E-state index in [1.165, 1.54) is 13.1 Å². The van der Waals surface area contributed by atoms with Crippen molar-refractivity contribution in [1.29, 1.82) is 0 Å². The highest BCUT2D eigenvalue weighted by atomic mass is 32.2. The second-order valence-corrected chi connectivity index (χ2v) is 7.90. The zero-order valence-electron chi connectivity index (χ0n) is 13.4. The number of sulfonamides is 1. The molecule has 1 heterocycles. The van der Waals surface area contributed by atoms with Crippen molar-refractivity contribution in [3.05, 3.63) is 23.8 Å². The van der Waals surface area contributed by atoms with Gasteiger partial charge in [-0.1, -0.05) is 13.8 Å². The van der Waals surface area contributed by atoms with Gasteiger partial charge in [0.05, 0.1) is 4.90 Å². The molecule has 7 nitrogen and oxygen atoms in total. The molecule has 0 saturated carbocycles. The van der Waals surface area contributed by atoms with Crippen LogP contribution in [0, 0.1) is 0 Å². The van der Waals surface area contributed by atoms with E-state index in [0.717, 1.165) is 5.56 Å². The minimum absolute atomic E-state index is 0.0270. The van der Waals surface area contributed by atoms with E-state index in [4.69, 9.17) is 0 Å². The number of carbonyl (C=O) groups excluding carboxylic acids is 2. The highest BCUT2D eigenvalue weighted by Gasteiger charge is 2.33. The molecule has 3 N–H and O–H groups in total. The standard InChI is InChI=1S/C15H21N3O4S/c1-15(2)9-14(20)18-12-5-4-10(8-11(12)15)23(21,22)17-7-6-13(19)16-3/h4-5,8,17H,6-7,9H2,1-3H3,(H,16,19)(H,18,20). The lowest BCUT2D eigenvalue weighted by Crippen LogP contribution is -2.33. The van der Waals surface area contributed by atoms with Gasteiger partial charge in [-0.25, -0.2) is 13.1 Å². The average molecular weight is 339 g/mol. The van der Waals surface area contributed by atoms with Crippen molar-refractivity contribution < 1.29 is 18.0 Å². The number of rotatable bonds is 5. The molecule has 0 bridgehead atoms. The Labute approximate surface area is 135 Å². The summed E-state index contributed by atoms with van der Waals surface area (Å²) in [6.07, 6.45) is 0.371. The minimum atomic E-state index is -3.70. The summed E-state index contributed by atoms with van der Waals surface area (Å²) in [6.45, 7) is 3.83. The maximum atomic E-state index is 12.3. The van der Waals surface area contributed by atoms with Crippen molar-refractivity contribution in [3.63, 3.8) is 0 Å². The Morgan fingerprint density at radius 2 is 2.04 bits per heavy atom. The van der Waals surface area contributed by atoms with Crippen LogP contribution in [0.2, 0.25) is 0 Å². The van der Waals surface area contributed by atoms with Gasteiger partial charge >= 0.3 is 0 Å². The fourth-order valence-corrected chi connectivity index (χ4v) is 3.62. The summed E-state index contributed by atoms with van der Waals surface area (Å²) in [7, 11) is -2.21. The lowest BCUT2D eigenvalue weighted by atomic mass is 9.78. The van der Waals surface area contributed by atoms with E-state index in [1.807, 2.05) is 13.8 Å². The third-order valence-electron chi connectivity index (χ3n) is 3.83. The molecular formula is C15H21N3O4S. The molecule has 0 radical (unpaired) electrons. The Hall–Kier alpha value is -1.93. The predicted octanol–water partition coefficient (Wildman–Crippen LogP) is 0.721. The van der Waals surface area contributed by atoms with Crippen LogP contribution in [0.25, 0.3) is 0 Å². The van der Waals surface area contributed by atoms with E-state index < -0.39 is 15.4 Å². The first-order chi connectivity index (χ1) is 10.7. The van der Waals surface area contributed by atoms with Gasteiger partial charge < -0.3 is 10.6 Å². The van der Waals surface area contributed by atoms with Crippen molar-refractivity contribution in [2.75, 3.05) is 18.9 Å². The van der Waals surface area contributed by atoms with Crippen LogP contribution in [0.4, 0.5) is 5.69 Å². The van der Waals surface area contributed by atoms with Crippen LogP contribution in [0.5, 0.6) is 0 Å². The Bertz CT molecular complexity index is 741. The molecule has 0 spiro atoms. The van der Waals surface area contributed by atoms with Crippen LogP contribution in [-0.4, -0.2) is 33.8 Å². The van der Waals surface area contributed by atoms with Gasteiger partial charge in [-0.3, -0.25) is 9.59 Å². The molecule has 1 aliphatic heterocycles. The first-order valence-electron chi connectivity index (χ1n) is 7.30. The van der Waals surface area contributed by atoms with E-state index in [2.05, 4.69) is 15.4 Å². The predicted molar refractivity (Wildman–Crippen MR) is 86.6 cm³/mol. The maximum absolute atomic E-state index is 12.3. The molecule has 0 saturated heterocycles. The van der Waals surface area contributed by atoms with Gasteiger partial charge in [0.2, 0.25) is 21.8 Å². The molecule has 23 heavy (non-hydrogen) atoms. The minimum Gasteiger partial charge on any atom is -0.359 e. The molecule has 0 aliphatic carbocycles. The Morgan fingerprint density at radius 3 is 2.70 bits per heavy atom. The number of nitrogens with one attached hydrogen (secondary N) is 3. The van der Waals surface area contributed by atoms with Crippen molar-refractivity contribution in [2.24, 2.45) is 0 Å². The van der Waals surface area contributed by atoms with Gasteiger partial charge in [-0.05, 0) is 23.8 Å². The van der Waals surface area contributed by atoms with Gasteiger partial charge in [0.25, 0.3) is 0 Å². The number of fused-ring (bicyclic) bond motifs is 1. The second-order valence-electron chi connectivity index (χ2n) is 6.14. The van der Waals surface area contributed by atoms with Crippen molar-refractivity contribution in [3.8, 4) is 0 Å². The lowest BCUT2D eigenvalue weighted by molar-refractivity contribution is -0.120. The van der Waals surface area contributed by atoms with E-state index in [1.54, 1.807) is 12.1 Å². The third-order valence-corrected chi connectivity index (χ3v) is 5.29. The van der Waals surface area contributed by atoms with Crippen LogP contribution in [0.15, 0.2) is 23.1 Å². The average Bonchev–Trinajstić information content (AvgIpc) is 2.45. The summed E-state index contributed by atoms with van der Waals surface area (Å²) in [5, 5.41) is 5.19. The summed E-state index contributed by atoms with van der Waals surface area (Å²) in [5.74, 6) is -0.316. The molecular weight excluding hydrogens is 318 g/mol.